The summed E-state index contributed by atoms with van der Waals surface area (Å²) >= 11 is 10.4. The summed E-state index contributed by atoms with van der Waals surface area (Å²) in [6, 6.07) is 5.83. The molecule has 6 heteroatoms. The van der Waals surface area contributed by atoms with Gasteiger partial charge in [0, 0.05) is 8.95 Å². The molecule has 0 amide bonds. The molecule has 1 heterocycles. The average Bonchev–Trinajstić information content (AvgIpc) is 2.80. The van der Waals surface area contributed by atoms with Crippen molar-refractivity contribution in [2.24, 2.45) is 0 Å². The van der Waals surface area contributed by atoms with E-state index in [2.05, 4.69) is 64.9 Å². The first-order valence-corrected chi connectivity index (χ1v) is 7.55. The second-order valence-corrected chi connectivity index (χ2v) is 6.32. The molecule has 0 saturated carbocycles. The minimum absolute atomic E-state index is 0.106. The van der Waals surface area contributed by atoms with Crippen molar-refractivity contribution in [2.45, 2.75) is 18.2 Å². The molecule has 2 rings (SSSR count). The van der Waals surface area contributed by atoms with Crippen molar-refractivity contribution in [3.8, 4) is 11.5 Å². The van der Waals surface area contributed by atoms with Crippen molar-refractivity contribution in [2.75, 3.05) is 0 Å². The van der Waals surface area contributed by atoms with Gasteiger partial charge < -0.3 is 4.42 Å². The van der Waals surface area contributed by atoms with Crippen LogP contribution in [0, 0.1) is 0 Å². The van der Waals surface area contributed by atoms with Crippen LogP contribution in [0.5, 0.6) is 0 Å². The smallest absolute Gasteiger partial charge is 0.248 e. The predicted molar refractivity (Wildman–Crippen MR) is 77.1 cm³/mol. The van der Waals surface area contributed by atoms with E-state index < -0.39 is 0 Å². The van der Waals surface area contributed by atoms with Crippen LogP contribution in [0.3, 0.4) is 0 Å². The van der Waals surface area contributed by atoms with Gasteiger partial charge in [0.25, 0.3) is 0 Å². The minimum atomic E-state index is 0.106. The zero-order valence-corrected chi connectivity index (χ0v) is 13.7. The Morgan fingerprint density at radius 3 is 2.76 bits per heavy atom. The zero-order valence-electron chi connectivity index (χ0n) is 8.95. The van der Waals surface area contributed by atoms with Crippen LogP contribution in [0.4, 0.5) is 0 Å². The summed E-state index contributed by atoms with van der Waals surface area (Å²) < 4.78 is 7.54. The van der Waals surface area contributed by atoms with Crippen molar-refractivity contribution < 1.29 is 4.42 Å². The van der Waals surface area contributed by atoms with Crippen LogP contribution in [0.15, 0.2) is 31.6 Å². The molecule has 0 radical (unpaired) electrons. The molecule has 0 aliphatic heterocycles. The molecule has 0 bridgehead atoms. The van der Waals surface area contributed by atoms with Gasteiger partial charge in [0.2, 0.25) is 11.8 Å². The summed E-state index contributed by atoms with van der Waals surface area (Å²) in [6.45, 7) is 2.05. The van der Waals surface area contributed by atoms with Crippen LogP contribution in [-0.4, -0.2) is 10.2 Å². The van der Waals surface area contributed by atoms with Gasteiger partial charge in [0.15, 0.2) is 0 Å². The maximum atomic E-state index is 5.64. The van der Waals surface area contributed by atoms with Crippen LogP contribution in [0.25, 0.3) is 11.5 Å². The van der Waals surface area contributed by atoms with Crippen molar-refractivity contribution in [3.05, 3.63) is 33.0 Å². The third-order valence-corrected chi connectivity index (χ3v) is 4.45. The summed E-state index contributed by atoms with van der Waals surface area (Å²) in [5.41, 5.74) is 0.883. The van der Waals surface area contributed by atoms with E-state index >= 15 is 0 Å². The van der Waals surface area contributed by atoms with Gasteiger partial charge in [-0.1, -0.05) is 38.8 Å². The van der Waals surface area contributed by atoms with E-state index in [1.165, 1.54) is 0 Å². The lowest BCUT2D eigenvalue weighted by atomic mass is 10.2. The van der Waals surface area contributed by atoms with Crippen LogP contribution < -0.4 is 0 Å². The Balaban J connectivity index is 2.40. The molecule has 0 aliphatic rings. The molecule has 0 spiro atoms. The maximum absolute atomic E-state index is 5.64. The van der Waals surface area contributed by atoms with E-state index in [0.29, 0.717) is 11.8 Å². The van der Waals surface area contributed by atoms with Crippen molar-refractivity contribution in [3.63, 3.8) is 0 Å². The van der Waals surface area contributed by atoms with Crippen LogP contribution in [0.2, 0.25) is 0 Å². The molecule has 0 aliphatic carbocycles. The Bertz CT molecular complexity index is 527. The van der Waals surface area contributed by atoms with E-state index in [0.717, 1.165) is 20.9 Å². The van der Waals surface area contributed by atoms with E-state index in [9.17, 15) is 0 Å². The first-order chi connectivity index (χ1) is 8.11. The standard InChI is InChI=1S/C11H9Br3N2O/c1-2-8(13)11-16-15-10(17-11)7-5-6(12)3-4-9(7)14/h3-5,8H,2H2,1H3. The van der Waals surface area contributed by atoms with Gasteiger partial charge in [-0.05, 0) is 40.5 Å². The van der Waals surface area contributed by atoms with Crippen molar-refractivity contribution >= 4 is 47.8 Å². The van der Waals surface area contributed by atoms with Gasteiger partial charge >= 0.3 is 0 Å². The van der Waals surface area contributed by atoms with Gasteiger partial charge in [-0.3, -0.25) is 0 Å². The number of benzene rings is 1. The molecule has 1 aromatic heterocycles. The molecule has 17 heavy (non-hydrogen) atoms. The highest BCUT2D eigenvalue weighted by atomic mass is 79.9. The Labute approximate surface area is 124 Å². The van der Waals surface area contributed by atoms with E-state index in [4.69, 9.17) is 4.42 Å². The molecule has 3 nitrogen and oxygen atoms in total. The highest BCUT2D eigenvalue weighted by Gasteiger charge is 2.16. The number of halogens is 3. The lowest BCUT2D eigenvalue weighted by Crippen LogP contribution is -1.86. The molecule has 0 saturated heterocycles. The molecule has 1 aromatic carbocycles. The Kier molecular flexibility index (Phi) is 4.38. The molecule has 0 N–H and O–H groups in total. The molecular formula is C11H9Br3N2O. The Morgan fingerprint density at radius 2 is 2.06 bits per heavy atom. The summed E-state index contributed by atoms with van der Waals surface area (Å²) in [6.07, 6.45) is 0.904. The number of aromatic nitrogens is 2. The van der Waals surface area contributed by atoms with Gasteiger partial charge in [-0.2, -0.15) is 0 Å². The molecule has 1 unspecified atom stereocenters. The zero-order chi connectivity index (χ0) is 12.4. The van der Waals surface area contributed by atoms with E-state index in [-0.39, 0.29) is 4.83 Å². The molecular weight excluding hydrogens is 416 g/mol. The Hall–Kier alpha value is -0.200. The van der Waals surface area contributed by atoms with Gasteiger partial charge in [0.1, 0.15) is 0 Å². The highest BCUT2D eigenvalue weighted by molar-refractivity contribution is 9.11. The second-order valence-electron chi connectivity index (χ2n) is 3.45. The van der Waals surface area contributed by atoms with Crippen LogP contribution >= 0.6 is 47.8 Å². The normalized spacial score (nSPS) is 12.7. The quantitative estimate of drug-likeness (QED) is 0.643. The third-order valence-electron chi connectivity index (χ3n) is 2.23. The first-order valence-electron chi connectivity index (χ1n) is 5.04. The number of hydrogen-bond acceptors (Lipinski definition) is 3. The lowest BCUT2D eigenvalue weighted by Gasteiger charge is -2.01. The largest absolute Gasteiger partial charge is 0.419 e. The molecule has 1 atom stereocenters. The van der Waals surface area contributed by atoms with Crippen LogP contribution in [-0.2, 0) is 0 Å². The van der Waals surface area contributed by atoms with Gasteiger partial charge in [-0.15, -0.1) is 10.2 Å². The number of rotatable bonds is 3. The SMILES string of the molecule is CCC(Br)c1nnc(-c2cc(Br)ccc2Br)o1. The van der Waals surface area contributed by atoms with Crippen LogP contribution in [0.1, 0.15) is 24.1 Å². The molecule has 0 fully saturated rings. The Morgan fingerprint density at radius 1 is 1.29 bits per heavy atom. The second kappa shape index (κ2) is 5.63. The highest BCUT2D eigenvalue weighted by Crippen LogP contribution is 2.32. The first kappa shape index (κ1) is 13.2. The fourth-order valence-electron chi connectivity index (χ4n) is 1.31. The van der Waals surface area contributed by atoms with E-state index in [1.54, 1.807) is 0 Å². The fourth-order valence-corrected chi connectivity index (χ4v) is 2.27. The van der Waals surface area contributed by atoms with Gasteiger partial charge in [-0.25, -0.2) is 0 Å². The topological polar surface area (TPSA) is 38.9 Å². The lowest BCUT2D eigenvalue weighted by molar-refractivity contribution is 0.500. The van der Waals surface area contributed by atoms with Crippen molar-refractivity contribution in [1.82, 2.24) is 10.2 Å². The predicted octanol–water partition coefficient (Wildman–Crippen LogP) is 5.11. The van der Waals surface area contributed by atoms with Gasteiger partial charge in [0.05, 0.1) is 10.4 Å². The molecule has 2 aromatic rings. The number of alkyl halides is 1. The number of nitrogens with zero attached hydrogens (tertiary/aromatic N) is 2. The third kappa shape index (κ3) is 2.98. The van der Waals surface area contributed by atoms with Crippen molar-refractivity contribution in [1.29, 1.82) is 0 Å². The number of hydrogen-bond donors (Lipinski definition) is 0. The fraction of sp³-hybridized carbons (Fsp3) is 0.273. The minimum Gasteiger partial charge on any atom is -0.419 e. The summed E-state index contributed by atoms with van der Waals surface area (Å²) in [5, 5.41) is 8.09. The molecule has 90 valence electrons. The average molecular weight is 425 g/mol. The maximum Gasteiger partial charge on any atom is 0.248 e. The summed E-state index contributed by atoms with van der Waals surface area (Å²) in [4.78, 5) is 0.106. The summed E-state index contributed by atoms with van der Waals surface area (Å²) in [7, 11) is 0. The summed E-state index contributed by atoms with van der Waals surface area (Å²) in [5.74, 6) is 1.13. The monoisotopic (exact) mass is 422 g/mol. The van der Waals surface area contributed by atoms with E-state index in [1.807, 2.05) is 18.2 Å².